The average molecular weight is 338 g/mol. The molecule has 1 N–H and O–H groups in total. The van der Waals surface area contributed by atoms with Crippen molar-refractivity contribution in [3.05, 3.63) is 0 Å². The summed E-state index contributed by atoms with van der Waals surface area (Å²) >= 11 is 0. The van der Waals surface area contributed by atoms with E-state index in [4.69, 9.17) is 17.7 Å². The molecule has 0 spiro atoms. The highest BCUT2D eigenvalue weighted by Crippen LogP contribution is 2.12. The SMILES string of the molecule is CO[Si](C=O)(CCCNCCC[Si](C=O)(OC)OC)OC. The van der Waals surface area contributed by atoms with E-state index in [1.165, 1.54) is 28.4 Å². The highest BCUT2D eigenvalue weighted by Gasteiger charge is 2.35. The maximum atomic E-state index is 11.0. The molecule has 0 aromatic rings. The largest absolute Gasteiger partial charge is 0.405 e. The number of carbonyl (C=O) groups is 2. The molecule has 0 aliphatic rings. The van der Waals surface area contributed by atoms with Crippen molar-refractivity contribution in [3.8, 4) is 0 Å². The van der Waals surface area contributed by atoms with Gasteiger partial charge in [0.1, 0.15) is 0 Å². The van der Waals surface area contributed by atoms with E-state index in [-0.39, 0.29) is 0 Å². The van der Waals surface area contributed by atoms with Crippen LogP contribution in [-0.2, 0) is 27.3 Å². The molecule has 21 heavy (non-hydrogen) atoms. The Morgan fingerprint density at radius 1 is 0.762 bits per heavy atom. The molecule has 9 heteroatoms. The van der Waals surface area contributed by atoms with Gasteiger partial charge in [0.15, 0.2) is 11.8 Å². The minimum Gasteiger partial charge on any atom is -0.393 e. The van der Waals surface area contributed by atoms with Gasteiger partial charge < -0.3 is 32.6 Å². The molecule has 0 unspecified atom stereocenters. The van der Waals surface area contributed by atoms with Crippen LogP contribution in [0.15, 0.2) is 0 Å². The van der Waals surface area contributed by atoms with Crippen LogP contribution >= 0.6 is 0 Å². The number of nitrogens with one attached hydrogen (secondary N) is 1. The number of rotatable bonds is 14. The molecule has 0 atom stereocenters. The van der Waals surface area contributed by atoms with Crippen molar-refractivity contribution >= 4 is 28.9 Å². The fraction of sp³-hybridized carbons (Fsp3) is 0.833. The Balaban J connectivity index is 3.83. The Labute approximate surface area is 128 Å². The first-order valence-electron chi connectivity index (χ1n) is 6.91. The second kappa shape index (κ2) is 11.2. The lowest BCUT2D eigenvalue weighted by molar-refractivity contribution is 0.257. The van der Waals surface area contributed by atoms with Crippen molar-refractivity contribution < 1.29 is 27.3 Å². The zero-order chi connectivity index (χ0) is 16.2. The Bertz CT molecular complexity index is 269. The Kier molecular flexibility index (Phi) is 11.0. The molecule has 0 aliphatic heterocycles. The normalized spacial score (nSPS) is 12.4. The van der Waals surface area contributed by atoms with E-state index in [1.807, 2.05) is 0 Å². The zero-order valence-corrected chi connectivity index (χ0v) is 15.3. The summed E-state index contributed by atoms with van der Waals surface area (Å²) < 4.78 is 20.8. The molecular formula is C12H27NO6Si2. The summed E-state index contributed by atoms with van der Waals surface area (Å²) in [7, 11) is 0.776. The molecule has 0 bridgehead atoms. The maximum Gasteiger partial charge on any atom is 0.405 e. The molecule has 7 nitrogen and oxygen atoms in total. The van der Waals surface area contributed by atoms with E-state index in [9.17, 15) is 9.59 Å². The van der Waals surface area contributed by atoms with Gasteiger partial charge in [0.2, 0.25) is 0 Å². The number of carbonyl (C=O) groups excluding carboxylic acids is 2. The molecule has 0 fully saturated rings. The first-order chi connectivity index (χ1) is 10.1. The summed E-state index contributed by atoms with van der Waals surface area (Å²) in [5.74, 6) is 1.63. The first kappa shape index (κ1) is 20.6. The van der Waals surface area contributed by atoms with E-state index in [0.29, 0.717) is 12.1 Å². The Hall–Kier alpha value is -0.426. The summed E-state index contributed by atoms with van der Waals surface area (Å²) in [5.41, 5.74) is 0. The van der Waals surface area contributed by atoms with E-state index in [1.54, 1.807) is 0 Å². The van der Waals surface area contributed by atoms with Crippen LogP contribution in [0.5, 0.6) is 0 Å². The Morgan fingerprint density at radius 2 is 1.10 bits per heavy atom. The third-order valence-electron chi connectivity index (χ3n) is 3.50. The van der Waals surface area contributed by atoms with Gasteiger partial charge in [0.25, 0.3) is 0 Å². The van der Waals surface area contributed by atoms with Crippen molar-refractivity contribution in [2.45, 2.75) is 24.9 Å². The van der Waals surface area contributed by atoms with Gasteiger partial charge in [0, 0.05) is 28.4 Å². The van der Waals surface area contributed by atoms with E-state index >= 15 is 0 Å². The second-order valence-corrected chi connectivity index (χ2v) is 11.0. The summed E-state index contributed by atoms with van der Waals surface area (Å²) in [6.07, 6.45) is 1.61. The van der Waals surface area contributed by atoms with Crippen LogP contribution in [0, 0.1) is 0 Å². The summed E-state index contributed by atoms with van der Waals surface area (Å²) in [6, 6.07) is 1.25. The minimum atomic E-state index is -2.63. The van der Waals surface area contributed by atoms with E-state index < -0.39 is 17.1 Å². The molecule has 0 heterocycles. The van der Waals surface area contributed by atoms with Gasteiger partial charge in [-0.15, -0.1) is 0 Å². The van der Waals surface area contributed by atoms with Crippen molar-refractivity contribution in [3.63, 3.8) is 0 Å². The fourth-order valence-electron chi connectivity index (χ4n) is 1.93. The molecule has 0 aromatic carbocycles. The molecule has 0 amide bonds. The molecule has 124 valence electrons. The second-order valence-electron chi connectivity index (χ2n) is 4.63. The first-order valence-corrected chi connectivity index (χ1v) is 11.1. The Morgan fingerprint density at radius 3 is 1.33 bits per heavy atom. The van der Waals surface area contributed by atoms with Crippen LogP contribution in [0.25, 0.3) is 0 Å². The lowest BCUT2D eigenvalue weighted by atomic mass is 10.4. The third kappa shape index (κ3) is 6.91. The van der Waals surface area contributed by atoms with E-state index in [0.717, 1.165) is 37.8 Å². The number of hydrogen-bond donors (Lipinski definition) is 1. The molecule has 0 rings (SSSR count). The molecule has 0 saturated heterocycles. The highest BCUT2D eigenvalue weighted by molar-refractivity contribution is 6.92. The van der Waals surface area contributed by atoms with Gasteiger partial charge in [-0.2, -0.15) is 0 Å². The predicted octanol–water partition coefficient (Wildman–Crippen LogP) is 0.370. The summed E-state index contributed by atoms with van der Waals surface area (Å²) in [4.78, 5) is 22.0. The molecule has 0 saturated carbocycles. The monoisotopic (exact) mass is 337 g/mol. The van der Waals surface area contributed by atoms with Crippen LogP contribution in [0.2, 0.25) is 12.1 Å². The molecular weight excluding hydrogens is 310 g/mol. The summed E-state index contributed by atoms with van der Waals surface area (Å²) in [6.45, 7) is 1.54. The van der Waals surface area contributed by atoms with Gasteiger partial charge in [-0.05, 0) is 38.0 Å². The van der Waals surface area contributed by atoms with Gasteiger partial charge in [-0.3, -0.25) is 0 Å². The van der Waals surface area contributed by atoms with Crippen molar-refractivity contribution in [1.82, 2.24) is 5.32 Å². The lowest BCUT2D eigenvalue weighted by Gasteiger charge is -2.21. The standard InChI is InChI=1S/C12H27NO6Si2/c1-16-20(11-14,17-2)9-5-7-13-8-6-10-21(12-15,18-3)19-4/h11-13H,5-10H2,1-4H3. The van der Waals surface area contributed by atoms with Gasteiger partial charge >= 0.3 is 17.1 Å². The van der Waals surface area contributed by atoms with Crippen LogP contribution in [0.1, 0.15) is 12.8 Å². The molecule has 0 aliphatic carbocycles. The average Bonchev–Trinajstić information content (AvgIpc) is 2.55. The predicted molar refractivity (Wildman–Crippen MR) is 84.8 cm³/mol. The van der Waals surface area contributed by atoms with E-state index in [2.05, 4.69) is 5.32 Å². The van der Waals surface area contributed by atoms with Gasteiger partial charge in [0.05, 0.1) is 0 Å². The highest BCUT2D eigenvalue weighted by atomic mass is 28.4. The van der Waals surface area contributed by atoms with Crippen LogP contribution < -0.4 is 5.32 Å². The van der Waals surface area contributed by atoms with Crippen molar-refractivity contribution in [1.29, 1.82) is 0 Å². The topological polar surface area (TPSA) is 83.1 Å². The van der Waals surface area contributed by atoms with Crippen LogP contribution in [-0.4, -0.2) is 70.5 Å². The molecule has 0 aromatic heterocycles. The molecule has 0 radical (unpaired) electrons. The fourth-order valence-corrected chi connectivity index (χ4v) is 5.04. The van der Waals surface area contributed by atoms with Crippen LogP contribution in [0.4, 0.5) is 0 Å². The maximum absolute atomic E-state index is 11.0. The van der Waals surface area contributed by atoms with Crippen molar-refractivity contribution in [2.75, 3.05) is 41.5 Å². The van der Waals surface area contributed by atoms with Gasteiger partial charge in [-0.25, -0.2) is 0 Å². The smallest absolute Gasteiger partial charge is 0.393 e. The third-order valence-corrected chi connectivity index (χ3v) is 9.08. The quantitative estimate of drug-likeness (QED) is 0.278. The zero-order valence-electron chi connectivity index (χ0n) is 13.3. The summed E-state index contributed by atoms with van der Waals surface area (Å²) in [5, 5.41) is 3.27. The van der Waals surface area contributed by atoms with Gasteiger partial charge in [-0.1, -0.05) is 0 Å². The number of hydrogen-bond acceptors (Lipinski definition) is 7. The lowest BCUT2D eigenvalue weighted by Crippen LogP contribution is -2.43. The van der Waals surface area contributed by atoms with Crippen molar-refractivity contribution in [2.24, 2.45) is 0 Å². The minimum absolute atomic E-state index is 0.625. The van der Waals surface area contributed by atoms with Crippen LogP contribution in [0.3, 0.4) is 0 Å².